The first-order valence-electron chi connectivity index (χ1n) is 12.3. The molecule has 0 fully saturated rings. The zero-order chi connectivity index (χ0) is 30.5. The molecule has 1 heterocycles. The van der Waals surface area contributed by atoms with Crippen LogP contribution >= 0.6 is 46.3 Å². The van der Waals surface area contributed by atoms with Crippen molar-refractivity contribution in [2.24, 2.45) is 0 Å². The number of rotatable bonds is 8. The molecule has 212 valence electrons. The van der Waals surface area contributed by atoms with Gasteiger partial charge in [-0.15, -0.1) is 11.3 Å². The highest BCUT2D eigenvalue weighted by atomic mass is 35.5. The zero-order valence-corrected chi connectivity index (χ0v) is 24.9. The Hall–Kier alpha value is -4.73. The van der Waals surface area contributed by atoms with Crippen molar-refractivity contribution in [1.82, 2.24) is 4.98 Å². The Labute approximate surface area is 262 Å². The van der Waals surface area contributed by atoms with E-state index in [4.69, 9.17) is 23.2 Å². The van der Waals surface area contributed by atoms with Crippen LogP contribution in [0.1, 0.15) is 15.9 Å². The molecule has 0 saturated heterocycles. The van der Waals surface area contributed by atoms with Crippen LogP contribution in [0.3, 0.4) is 0 Å². The average Bonchev–Trinajstić information content (AvgIpc) is 3.39. The Morgan fingerprint density at radius 1 is 0.930 bits per heavy atom. The Balaban J connectivity index is 1.33. The largest absolute Gasteiger partial charge is 0.322 e. The fraction of sp³-hybridized carbons (Fsp3) is 0. The van der Waals surface area contributed by atoms with Gasteiger partial charge in [0.15, 0.2) is 4.34 Å². The van der Waals surface area contributed by atoms with Gasteiger partial charge in [-0.1, -0.05) is 41.0 Å². The number of nitro benzene ring substituents is 1. The van der Waals surface area contributed by atoms with Gasteiger partial charge >= 0.3 is 0 Å². The monoisotopic (exact) mass is 645 g/mol. The summed E-state index contributed by atoms with van der Waals surface area (Å²) in [4.78, 5) is 41.5. The highest BCUT2D eigenvalue weighted by molar-refractivity contribution is 8.01. The molecule has 5 aromatic rings. The second-order valence-corrected chi connectivity index (χ2v) is 12.0. The third kappa shape index (κ3) is 7.38. The molecule has 43 heavy (non-hydrogen) atoms. The highest BCUT2D eigenvalue weighted by Gasteiger charge is 2.19. The fourth-order valence-electron chi connectivity index (χ4n) is 3.82. The van der Waals surface area contributed by atoms with E-state index in [0.29, 0.717) is 47.3 Å². The molecule has 0 saturated carbocycles. The lowest BCUT2D eigenvalue weighted by molar-refractivity contribution is -0.387. The summed E-state index contributed by atoms with van der Waals surface area (Å²) in [5, 5.41) is 27.9. The van der Waals surface area contributed by atoms with Crippen molar-refractivity contribution < 1.29 is 14.5 Å². The molecule has 0 radical (unpaired) electrons. The maximum absolute atomic E-state index is 12.6. The van der Waals surface area contributed by atoms with Crippen LogP contribution < -0.4 is 10.6 Å². The predicted octanol–water partition coefficient (Wildman–Crippen LogP) is 8.46. The van der Waals surface area contributed by atoms with Crippen molar-refractivity contribution in [3.05, 3.63) is 122 Å². The van der Waals surface area contributed by atoms with Gasteiger partial charge in [0, 0.05) is 33.0 Å². The molecule has 0 spiro atoms. The lowest BCUT2D eigenvalue weighted by atomic mass is 10.1. The Bertz CT molecular complexity index is 1950. The number of amides is 2. The second kappa shape index (κ2) is 13.1. The number of fused-ring (bicyclic) bond motifs is 1. The number of nitriles is 1. The summed E-state index contributed by atoms with van der Waals surface area (Å²) in [5.41, 5.74) is 2.02. The van der Waals surface area contributed by atoms with Crippen LogP contribution in [0.2, 0.25) is 10.0 Å². The van der Waals surface area contributed by atoms with Crippen molar-refractivity contribution >= 4 is 91.5 Å². The molecular formula is C30H17Cl2N5O4S2. The number of nitrogens with zero attached hydrogens (tertiary/aromatic N) is 3. The third-order valence-corrected chi connectivity index (χ3v) is 8.54. The quantitative estimate of drug-likeness (QED) is 0.0747. The van der Waals surface area contributed by atoms with Crippen LogP contribution in [0.5, 0.6) is 0 Å². The van der Waals surface area contributed by atoms with Gasteiger partial charge in [-0.2, -0.15) is 5.26 Å². The summed E-state index contributed by atoms with van der Waals surface area (Å²) in [6, 6.07) is 24.4. The first-order chi connectivity index (χ1) is 20.7. The lowest BCUT2D eigenvalue weighted by Crippen LogP contribution is -2.13. The van der Waals surface area contributed by atoms with Gasteiger partial charge in [-0.05, 0) is 84.4 Å². The average molecular weight is 647 g/mol. The number of aromatic nitrogens is 1. The standard InChI is InChI=1S/C30H17Cl2N5O4S2/c31-20-4-2-18(3-5-20)28(38)35-23-10-11-24-27(15-23)43-30(36-24)42-26-12-1-17(14-25(26)37(40)41)13-19(16-33)29(39)34-22-8-6-21(32)7-9-22/h1-15H,(H,34,39)(H,35,38)/b19-13+. The van der Waals surface area contributed by atoms with Crippen LogP contribution in [0.15, 0.2) is 99.7 Å². The SMILES string of the molecule is N#C/C(=C\c1ccc(Sc2nc3ccc(NC(=O)c4ccc(Cl)cc4)cc3s2)c([N+](=O)[O-])c1)C(=O)Nc1ccc(Cl)cc1. The lowest BCUT2D eigenvalue weighted by Gasteiger charge is -2.05. The minimum Gasteiger partial charge on any atom is -0.322 e. The van der Waals surface area contributed by atoms with Crippen LogP contribution in [0.25, 0.3) is 16.3 Å². The van der Waals surface area contributed by atoms with Gasteiger partial charge in [-0.25, -0.2) is 4.98 Å². The molecule has 1 aromatic heterocycles. The van der Waals surface area contributed by atoms with Gasteiger partial charge in [0.25, 0.3) is 17.5 Å². The van der Waals surface area contributed by atoms with Gasteiger partial charge in [0.1, 0.15) is 11.6 Å². The van der Waals surface area contributed by atoms with E-state index in [1.165, 1.54) is 23.5 Å². The topological polar surface area (TPSA) is 138 Å². The minimum absolute atomic E-state index is 0.204. The molecule has 5 rings (SSSR count). The number of benzene rings is 4. The molecule has 0 bridgehead atoms. The number of hydrogen-bond donors (Lipinski definition) is 2. The first-order valence-corrected chi connectivity index (χ1v) is 14.7. The van der Waals surface area contributed by atoms with Gasteiger partial charge in [0.05, 0.1) is 20.0 Å². The molecule has 4 aromatic carbocycles. The van der Waals surface area contributed by atoms with E-state index in [1.54, 1.807) is 78.9 Å². The van der Waals surface area contributed by atoms with Gasteiger partial charge in [-0.3, -0.25) is 19.7 Å². The number of nitro groups is 1. The minimum atomic E-state index is -0.663. The van der Waals surface area contributed by atoms with Crippen molar-refractivity contribution in [1.29, 1.82) is 5.26 Å². The van der Waals surface area contributed by atoms with Crippen LogP contribution in [0, 0.1) is 21.4 Å². The van der Waals surface area contributed by atoms with Gasteiger partial charge < -0.3 is 10.6 Å². The third-order valence-electron chi connectivity index (χ3n) is 5.89. The molecule has 0 unspecified atom stereocenters. The van der Waals surface area contributed by atoms with Crippen LogP contribution in [-0.2, 0) is 4.79 Å². The van der Waals surface area contributed by atoms with E-state index in [1.807, 2.05) is 6.07 Å². The molecule has 13 heteroatoms. The number of hydrogen-bond acceptors (Lipinski definition) is 8. The van der Waals surface area contributed by atoms with Crippen molar-refractivity contribution in [3.63, 3.8) is 0 Å². The van der Waals surface area contributed by atoms with Crippen molar-refractivity contribution in [2.45, 2.75) is 9.24 Å². The second-order valence-electron chi connectivity index (χ2n) is 8.84. The van der Waals surface area contributed by atoms with E-state index in [2.05, 4.69) is 15.6 Å². The van der Waals surface area contributed by atoms with E-state index in [9.17, 15) is 25.0 Å². The maximum atomic E-state index is 12.6. The van der Waals surface area contributed by atoms with Crippen LogP contribution in [0.4, 0.5) is 17.1 Å². The molecule has 0 atom stereocenters. The molecule has 0 aliphatic carbocycles. The van der Waals surface area contributed by atoms with Gasteiger partial charge in [0.2, 0.25) is 0 Å². The Kier molecular flexibility index (Phi) is 9.04. The summed E-state index contributed by atoms with van der Waals surface area (Å²) in [7, 11) is 0. The molecule has 0 aliphatic rings. The zero-order valence-electron chi connectivity index (χ0n) is 21.7. The first kappa shape index (κ1) is 29.8. The summed E-state index contributed by atoms with van der Waals surface area (Å²) >= 11 is 14.2. The highest BCUT2D eigenvalue weighted by Crippen LogP contribution is 2.40. The normalized spacial score (nSPS) is 11.1. The number of nitrogens with one attached hydrogen (secondary N) is 2. The summed E-state index contributed by atoms with van der Waals surface area (Å²) in [6.07, 6.45) is 1.28. The molecule has 0 aliphatic heterocycles. The number of thiazole rings is 1. The number of anilines is 2. The Morgan fingerprint density at radius 3 is 2.28 bits per heavy atom. The predicted molar refractivity (Wildman–Crippen MR) is 170 cm³/mol. The number of halogens is 2. The van der Waals surface area contributed by atoms with E-state index in [0.717, 1.165) is 16.5 Å². The van der Waals surface area contributed by atoms with E-state index < -0.39 is 10.8 Å². The maximum Gasteiger partial charge on any atom is 0.283 e. The van der Waals surface area contributed by atoms with Crippen molar-refractivity contribution in [3.8, 4) is 6.07 Å². The Morgan fingerprint density at radius 2 is 1.60 bits per heavy atom. The summed E-state index contributed by atoms with van der Waals surface area (Å²) < 4.78 is 1.34. The summed E-state index contributed by atoms with van der Waals surface area (Å²) in [6.45, 7) is 0. The smallest absolute Gasteiger partial charge is 0.283 e. The molecule has 9 nitrogen and oxygen atoms in total. The number of carbonyl (C=O) groups is 2. The molecule has 2 amide bonds. The fourth-order valence-corrected chi connectivity index (χ4v) is 6.22. The van der Waals surface area contributed by atoms with Crippen LogP contribution in [-0.4, -0.2) is 21.7 Å². The van der Waals surface area contributed by atoms with E-state index >= 15 is 0 Å². The number of carbonyl (C=O) groups excluding carboxylic acids is 2. The van der Waals surface area contributed by atoms with E-state index in [-0.39, 0.29) is 17.2 Å². The summed E-state index contributed by atoms with van der Waals surface area (Å²) in [5.74, 6) is -0.953. The molecule has 2 N–H and O–H groups in total. The van der Waals surface area contributed by atoms with Crippen molar-refractivity contribution in [2.75, 3.05) is 10.6 Å². The molecular weight excluding hydrogens is 629 g/mol.